The molecule has 0 bridgehead atoms. The highest BCUT2D eigenvalue weighted by Gasteiger charge is 2.32. The normalized spacial score (nSPS) is 19.6. The number of rotatable bonds is 4. The van der Waals surface area contributed by atoms with Crippen LogP contribution in [0.25, 0.3) is 0 Å². The van der Waals surface area contributed by atoms with Gasteiger partial charge in [-0.15, -0.1) is 12.4 Å². The highest BCUT2D eigenvalue weighted by molar-refractivity contribution is 5.85. The maximum atomic E-state index is 13.3. The molecule has 2 atom stereocenters. The standard InChI is InChI=1S/C15H21FN2O.ClH/c1-2-5-13(17)15(19)18-9-4-8-14(18)11-6-3-7-12(16)10-11;/h3,6-7,10,13-14H,2,4-5,8-9,17H2,1H3;1H. The molecule has 1 aliphatic heterocycles. The minimum atomic E-state index is -0.431. The van der Waals surface area contributed by atoms with E-state index in [-0.39, 0.29) is 30.2 Å². The van der Waals surface area contributed by atoms with Gasteiger partial charge in [-0.25, -0.2) is 4.39 Å². The van der Waals surface area contributed by atoms with Crippen LogP contribution in [0.1, 0.15) is 44.2 Å². The SMILES string of the molecule is CCCC(N)C(=O)N1CCCC1c1cccc(F)c1.Cl. The molecule has 0 aromatic heterocycles. The quantitative estimate of drug-likeness (QED) is 0.929. The number of amides is 1. The van der Waals surface area contributed by atoms with E-state index in [1.54, 1.807) is 6.07 Å². The number of nitrogens with zero attached hydrogens (tertiary/aromatic N) is 1. The molecule has 1 saturated heterocycles. The van der Waals surface area contributed by atoms with Gasteiger partial charge in [0.25, 0.3) is 0 Å². The van der Waals surface area contributed by atoms with Gasteiger partial charge in [0.05, 0.1) is 12.1 Å². The van der Waals surface area contributed by atoms with Gasteiger partial charge < -0.3 is 10.6 Å². The molecule has 0 spiro atoms. The van der Waals surface area contributed by atoms with Crippen LogP contribution < -0.4 is 5.73 Å². The predicted molar refractivity (Wildman–Crippen MR) is 80.2 cm³/mol. The van der Waals surface area contributed by atoms with Crippen LogP contribution in [0.3, 0.4) is 0 Å². The summed E-state index contributed by atoms with van der Waals surface area (Å²) in [6.07, 6.45) is 3.43. The van der Waals surface area contributed by atoms with E-state index in [2.05, 4.69) is 0 Å². The Hall–Kier alpha value is -1.13. The molecular weight excluding hydrogens is 279 g/mol. The molecule has 5 heteroatoms. The van der Waals surface area contributed by atoms with Crippen molar-refractivity contribution in [3.8, 4) is 0 Å². The molecule has 0 saturated carbocycles. The van der Waals surface area contributed by atoms with Crippen LogP contribution in [0.2, 0.25) is 0 Å². The molecule has 1 fully saturated rings. The number of carbonyl (C=O) groups is 1. The highest BCUT2D eigenvalue weighted by Crippen LogP contribution is 2.32. The molecule has 2 unspecified atom stereocenters. The second-order valence-electron chi connectivity index (χ2n) is 5.14. The van der Waals surface area contributed by atoms with Gasteiger partial charge in [0.15, 0.2) is 0 Å². The van der Waals surface area contributed by atoms with E-state index in [0.717, 1.165) is 31.4 Å². The van der Waals surface area contributed by atoms with E-state index in [4.69, 9.17) is 5.73 Å². The largest absolute Gasteiger partial charge is 0.334 e. The Morgan fingerprint density at radius 2 is 2.30 bits per heavy atom. The lowest BCUT2D eigenvalue weighted by Crippen LogP contribution is -2.43. The first kappa shape index (κ1) is 16.9. The van der Waals surface area contributed by atoms with Crippen molar-refractivity contribution in [2.45, 2.75) is 44.7 Å². The Morgan fingerprint density at radius 1 is 1.55 bits per heavy atom. The van der Waals surface area contributed by atoms with Gasteiger partial charge in [-0.05, 0) is 37.0 Å². The van der Waals surface area contributed by atoms with Crippen molar-refractivity contribution in [2.24, 2.45) is 5.73 Å². The van der Waals surface area contributed by atoms with Crippen molar-refractivity contribution in [2.75, 3.05) is 6.54 Å². The van der Waals surface area contributed by atoms with Gasteiger partial charge in [-0.3, -0.25) is 4.79 Å². The molecule has 2 rings (SSSR count). The number of carbonyl (C=O) groups excluding carboxylic acids is 1. The molecule has 1 heterocycles. The Bertz CT molecular complexity index is 455. The molecule has 1 aliphatic rings. The monoisotopic (exact) mass is 300 g/mol. The van der Waals surface area contributed by atoms with Crippen LogP contribution in [0.5, 0.6) is 0 Å². The minimum absolute atomic E-state index is 0. The van der Waals surface area contributed by atoms with Crippen LogP contribution in [0, 0.1) is 5.82 Å². The van der Waals surface area contributed by atoms with Gasteiger partial charge in [0, 0.05) is 6.54 Å². The molecule has 1 aromatic rings. The summed E-state index contributed by atoms with van der Waals surface area (Å²) >= 11 is 0. The maximum absolute atomic E-state index is 13.3. The highest BCUT2D eigenvalue weighted by atomic mass is 35.5. The lowest BCUT2D eigenvalue weighted by Gasteiger charge is -2.27. The van der Waals surface area contributed by atoms with Crippen LogP contribution in [0.15, 0.2) is 24.3 Å². The van der Waals surface area contributed by atoms with Crippen molar-refractivity contribution in [1.29, 1.82) is 0 Å². The second-order valence-corrected chi connectivity index (χ2v) is 5.14. The van der Waals surface area contributed by atoms with E-state index >= 15 is 0 Å². The zero-order valence-corrected chi connectivity index (χ0v) is 12.5. The Morgan fingerprint density at radius 3 is 2.95 bits per heavy atom. The third kappa shape index (κ3) is 3.70. The fraction of sp³-hybridized carbons (Fsp3) is 0.533. The molecule has 1 amide bonds. The van der Waals surface area contributed by atoms with E-state index in [1.807, 2.05) is 17.9 Å². The van der Waals surface area contributed by atoms with Gasteiger partial charge in [-0.1, -0.05) is 25.5 Å². The van der Waals surface area contributed by atoms with E-state index in [0.29, 0.717) is 6.42 Å². The Kier molecular flexibility index (Phi) is 6.43. The summed E-state index contributed by atoms with van der Waals surface area (Å²) in [6, 6.07) is 6.06. The lowest BCUT2D eigenvalue weighted by molar-refractivity contribution is -0.133. The summed E-state index contributed by atoms with van der Waals surface area (Å²) in [7, 11) is 0. The average molecular weight is 301 g/mol. The predicted octanol–water partition coefficient (Wildman–Crippen LogP) is 3.04. The van der Waals surface area contributed by atoms with E-state index in [9.17, 15) is 9.18 Å². The number of nitrogens with two attached hydrogens (primary N) is 1. The summed E-state index contributed by atoms with van der Waals surface area (Å²) in [5.41, 5.74) is 6.78. The summed E-state index contributed by atoms with van der Waals surface area (Å²) in [6.45, 7) is 2.73. The van der Waals surface area contributed by atoms with Gasteiger partial charge in [-0.2, -0.15) is 0 Å². The van der Waals surface area contributed by atoms with Crippen molar-refractivity contribution < 1.29 is 9.18 Å². The van der Waals surface area contributed by atoms with E-state index < -0.39 is 6.04 Å². The van der Waals surface area contributed by atoms with Crippen molar-refractivity contribution in [3.05, 3.63) is 35.6 Å². The van der Waals surface area contributed by atoms with Crippen LogP contribution >= 0.6 is 12.4 Å². The summed E-state index contributed by atoms with van der Waals surface area (Å²) in [4.78, 5) is 14.1. The third-order valence-corrected chi connectivity index (χ3v) is 3.69. The number of hydrogen-bond donors (Lipinski definition) is 1. The molecule has 20 heavy (non-hydrogen) atoms. The smallest absolute Gasteiger partial charge is 0.239 e. The lowest BCUT2D eigenvalue weighted by atomic mass is 10.0. The van der Waals surface area contributed by atoms with E-state index in [1.165, 1.54) is 12.1 Å². The Labute approximate surface area is 125 Å². The molecule has 112 valence electrons. The topological polar surface area (TPSA) is 46.3 Å². The van der Waals surface area contributed by atoms with Gasteiger partial charge in [0.1, 0.15) is 5.82 Å². The fourth-order valence-corrected chi connectivity index (χ4v) is 2.74. The fourth-order valence-electron chi connectivity index (χ4n) is 2.74. The Balaban J connectivity index is 0.00000200. The van der Waals surface area contributed by atoms with Gasteiger partial charge >= 0.3 is 0 Å². The molecule has 3 nitrogen and oxygen atoms in total. The number of likely N-dealkylation sites (tertiary alicyclic amines) is 1. The van der Waals surface area contributed by atoms with Crippen LogP contribution in [-0.2, 0) is 4.79 Å². The molecule has 0 aliphatic carbocycles. The van der Waals surface area contributed by atoms with Crippen LogP contribution in [-0.4, -0.2) is 23.4 Å². The first-order valence-electron chi connectivity index (χ1n) is 6.95. The third-order valence-electron chi connectivity index (χ3n) is 3.69. The van der Waals surface area contributed by atoms with Crippen molar-refractivity contribution in [3.63, 3.8) is 0 Å². The molecular formula is C15H22ClFN2O. The zero-order valence-electron chi connectivity index (χ0n) is 11.7. The number of halogens is 2. The van der Waals surface area contributed by atoms with Crippen molar-refractivity contribution >= 4 is 18.3 Å². The number of hydrogen-bond acceptors (Lipinski definition) is 2. The average Bonchev–Trinajstić information content (AvgIpc) is 2.87. The number of benzene rings is 1. The summed E-state index contributed by atoms with van der Waals surface area (Å²) in [5, 5.41) is 0. The maximum Gasteiger partial charge on any atom is 0.239 e. The molecule has 1 aromatic carbocycles. The van der Waals surface area contributed by atoms with Crippen molar-refractivity contribution in [1.82, 2.24) is 4.90 Å². The van der Waals surface area contributed by atoms with Gasteiger partial charge in [0.2, 0.25) is 5.91 Å². The first-order valence-corrected chi connectivity index (χ1v) is 6.95. The van der Waals surface area contributed by atoms with Crippen LogP contribution in [0.4, 0.5) is 4.39 Å². The zero-order chi connectivity index (χ0) is 13.8. The molecule has 2 N–H and O–H groups in total. The second kappa shape index (κ2) is 7.60. The minimum Gasteiger partial charge on any atom is -0.334 e. The molecule has 0 radical (unpaired) electrons. The first-order chi connectivity index (χ1) is 9.13. The summed E-state index contributed by atoms with van der Waals surface area (Å²) < 4.78 is 13.3. The summed E-state index contributed by atoms with van der Waals surface area (Å²) in [5.74, 6) is -0.261.